The third-order valence-electron chi connectivity index (χ3n) is 5.31. The van der Waals surface area contributed by atoms with Crippen LogP contribution >= 0.6 is 0 Å². The molecule has 2 aliphatic rings. The summed E-state index contributed by atoms with van der Waals surface area (Å²) in [6.45, 7) is 3.90. The molecule has 6 nitrogen and oxygen atoms in total. The number of nitrogens with one attached hydrogen (secondary N) is 2. The Hall–Kier alpha value is -2.86. The van der Waals surface area contributed by atoms with Gasteiger partial charge >= 0.3 is 0 Å². The first kappa shape index (κ1) is 19.5. The molecule has 0 aromatic heterocycles. The fraction of sp³-hybridized carbons (Fsp3) is 0.391. The lowest BCUT2D eigenvalue weighted by Gasteiger charge is -2.27. The van der Waals surface area contributed by atoms with Gasteiger partial charge in [-0.25, -0.2) is 0 Å². The molecule has 2 aromatic carbocycles. The quantitative estimate of drug-likeness (QED) is 0.639. The van der Waals surface area contributed by atoms with E-state index in [-0.39, 0.29) is 18.0 Å². The zero-order valence-corrected chi connectivity index (χ0v) is 16.7. The zero-order chi connectivity index (χ0) is 20.2. The van der Waals surface area contributed by atoms with Crippen molar-refractivity contribution in [2.24, 2.45) is 0 Å². The van der Waals surface area contributed by atoms with Crippen molar-refractivity contribution in [3.05, 3.63) is 65.2 Å². The Balaban J connectivity index is 1.48. The van der Waals surface area contributed by atoms with Crippen molar-refractivity contribution in [1.82, 2.24) is 10.2 Å². The van der Waals surface area contributed by atoms with E-state index < -0.39 is 0 Å². The van der Waals surface area contributed by atoms with Crippen molar-refractivity contribution < 1.29 is 14.3 Å². The summed E-state index contributed by atoms with van der Waals surface area (Å²) in [6, 6.07) is 15.5. The van der Waals surface area contributed by atoms with Crippen molar-refractivity contribution in [2.75, 3.05) is 25.1 Å². The second kappa shape index (κ2) is 8.66. The lowest BCUT2D eigenvalue weighted by molar-refractivity contribution is 0.0708. The average Bonchev–Trinajstić information content (AvgIpc) is 3.52. The normalized spacial score (nSPS) is 17.9. The number of amides is 2. The van der Waals surface area contributed by atoms with Crippen LogP contribution < -0.4 is 10.6 Å². The fourth-order valence-electron chi connectivity index (χ4n) is 3.61. The topological polar surface area (TPSA) is 70.7 Å². The largest absolute Gasteiger partial charge is 0.382 e. The molecule has 4 rings (SSSR count). The minimum absolute atomic E-state index is 0.0296. The molecule has 0 saturated heterocycles. The van der Waals surface area contributed by atoms with Gasteiger partial charge in [0.2, 0.25) is 0 Å². The summed E-state index contributed by atoms with van der Waals surface area (Å²) < 4.78 is 5.43. The van der Waals surface area contributed by atoms with Crippen LogP contribution in [0.1, 0.15) is 58.6 Å². The van der Waals surface area contributed by atoms with Gasteiger partial charge in [0.05, 0.1) is 0 Å². The molecule has 0 radical (unpaired) electrons. The van der Waals surface area contributed by atoms with Gasteiger partial charge in [-0.05, 0) is 56.5 Å². The summed E-state index contributed by atoms with van der Waals surface area (Å²) in [4.78, 5) is 26.9. The molecule has 0 spiro atoms. The number of nitrogens with zero attached hydrogens (tertiary/aromatic N) is 1. The molecule has 152 valence electrons. The summed E-state index contributed by atoms with van der Waals surface area (Å²) in [7, 11) is 0. The summed E-state index contributed by atoms with van der Waals surface area (Å²) in [5.41, 5.74) is 3.24. The van der Waals surface area contributed by atoms with Gasteiger partial charge in [-0.2, -0.15) is 0 Å². The number of carbonyl (C=O) groups is 2. The predicted octanol–water partition coefficient (Wildman–Crippen LogP) is 3.57. The number of carbonyl (C=O) groups excluding carboxylic acids is 2. The van der Waals surface area contributed by atoms with Gasteiger partial charge in [0.25, 0.3) is 11.8 Å². The molecule has 29 heavy (non-hydrogen) atoms. The van der Waals surface area contributed by atoms with Crippen LogP contribution in [-0.2, 0) is 4.74 Å². The van der Waals surface area contributed by atoms with E-state index in [1.807, 2.05) is 60.4 Å². The van der Waals surface area contributed by atoms with E-state index in [0.717, 1.165) is 36.1 Å². The molecule has 1 aliphatic heterocycles. The Morgan fingerprint density at radius 2 is 1.90 bits per heavy atom. The van der Waals surface area contributed by atoms with Crippen LogP contribution in [0.4, 0.5) is 5.69 Å². The zero-order valence-electron chi connectivity index (χ0n) is 16.7. The summed E-state index contributed by atoms with van der Waals surface area (Å²) in [5.74, 6) is 0.00743. The molecule has 0 bridgehead atoms. The number of hydrogen-bond donors (Lipinski definition) is 2. The first-order valence-electron chi connectivity index (χ1n) is 10.3. The van der Waals surface area contributed by atoms with Gasteiger partial charge < -0.3 is 20.3 Å². The maximum absolute atomic E-state index is 12.9. The Morgan fingerprint density at radius 3 is 2.62 bits per heavy atom. The number of benzene rings is 2. The predicted molar refractivity (Wildman–Crippen MR) is 112 cm³/mol. The average molecular weight is 393 g/mol. The number of fused-ring (bicyclic) bond motifs is 1. The Morgan fingerprint density at radius 1 is 1.14 bits per heavy atom. The lowest BCUT2D eigenvalue weighted by Crippen LogP contribution is -2.33. The Bertz CT molecular complexity index is 877. The molecular formula is C23H27N3O3. The monoisotopic (exact) mass is 393 g/mol. The highest BCUT2D eigenvalue weighted by atomic mass is 16.5. The second-order valence-corrected chi connectivity index (χ2v) is 7.51. The molecule has 1 atom stereocenters. The van der Waals surface area contributed by atoms with Crippen molar-refractivity contribution in [3.8, 4) is 0 Å². The highest BCUT2D eigenvalue weighted by Crippen LogP contribution is 2.34. The molecule has 1 heterocycles. The van der Waals surface area contributed by atoms with E-state index in [1.54, 1.807) is 0 Å². The molecule has 1 fully saturated rings. The van der Waals surface area contributed by atoms with Gasteiger partial charge in [0.15, 0.2) is 0 Å². The lowest BCUT2D eigenvalue weighted by atomic mass is 10.1. The van der Waals surface area contributed by atoms with Gasteiger partial charge in [-0.1, -0.05) is 18.2 Å². The molecule has 1 aliphatic carbocycles. The maximum Gasteiger partial charge on any atom is 0.256 e. The van der Waals surface area contributed by atoms with Crippen LogP contribution in [0.3, 0.4) is 0 Å². The molecule has 2 amide bonds. The molecular weight excluding hydrogens is 366 g/mol. The van der Waals surface area contributed by atoms with E-state index in [1.165, 1.54) is 0 Å². The third-order valence-corrected chi connectivity index (χ3v) is 5.31. The highest BCUT2D eigenvalue weighted by molar-refractivity contribution is 5.99. The highest BCUT2D eigenvalue weighted by Gasteiger charge is 2.36. The molecule has 2 N–H and O–H groups in total. The number of ether oxygens (including phenoxy) is 1. The van der Waals surface area contributed by atoms with Gasteiger partial charge in [-0.15, -0.1) is 0 Å². The van der Waals surface area contributed by atoms with Crippen molar-refractivity contribution in [1.29, 1.82) is 0 Å². The molecule has 1 unspecified atom stereocenters. The van der Waals surface area contributed by atoms with E-state index in [2.05, 4.69) is 10.6 Å². The molecule has 2 aromatic rings. The standard InChI is InChI=1S/C23H27N3O3/c1-2-29-15-5-14-26-21(19-6-3-4-7-20(19)23(26)28)24-17-10-8-16(9-11-17)22(27)25-18-12-13-18/h3-4,6-11,18,21,24H,2,5,12-15H2,1H3,(H,25,27). The van der Waals surface area contributed by atoms with E-state index in [0.29, 0.717) is 31.4 Å². The number of hydrogen-bond acceptors (Lipinski definition) is 4. The minimum Gasteiger partial charge on any atom is -0.382 e. The van der Waals surface area contributed by atoms with Gasteiger partial charge in [0, 0.05) is 48.2 Å². The van der Waals surface area contributed by atoms with Crippen LogP contribution in [-0.4, -0.2) is 42.5 Å². The smallest absolute Gasteiger partial charge is 0.256 e. The third kappa shape index (κ3) is 4.43. The SMILES string of the molecule is CCOCCCN1C(=O)c2ccccc2C1Nc1ccc(C(=O)NC2CC2)cc1. The number of anilines is 1. The summed E-state index contributed by atoms with van der Waals surface area (Å²) >= 11 is 0. The van der Waals surface area contributed by atoms with Gasteiger partial charge in [-0.3, -0.25) is 9.59 Å². The van der Waals surface area contributed by atoms with Crippen LogP contribution in [0.2, 0.25) is 0 Å². The molecule has 6 heteroatoms. The minimum atomic E-state index is -0.230. The maximum atomic E-state index is 12.9. The Kier molecular flexibility index (Phi) is 5.81. The van der Waals surface area contributed by atoms with Crippen LogP contribution in [0.25, 0.3) is 0 Å². The fourth-order valence-corrected chi connectivity index (χ4v) is 3.61. The van der Waals surface area contributed by atoms with Crippen molar-refractivity contribution in [3.63, 3.8) is 0 Å². The van der Waals surface area contributed by atoms with E-state index in [9.17, 15) is 9.59 Å². The first-order chi connectivity index (χ1) is 14.2. The van der Waals surface area contributed by atoms with Gasteiger partial charge in [0.1, 0.15) is 6.17 Å². The number of rotatable bonds is 9. The van der Waals surface area contributed by atoms with Crippen molar-refractivity contribution >= 4 is 17.5 Å². The van der Waals surface area contributed by atoms with Crippen molar-refractivity contribution in [2.45, 2.75) is 38.4 Å². The first-order valence-corrected chi connectivity index (χ1v) is 10.3. The summed E-state index contributed by atoms with van der Waals surface area (Å²) in [5, 5.41) is 6.47. The van der Waals surface area contributed by atoms with E-state index in [4.69, 9.17) is 4.74 Å². The Labute approximate surface area is 171 Å². The molecule has 1 saturated carbocycles. The second-order valence-electron chi connectivity index (χ2n) is 7.51. The van der Waals surface area contributed by atoms with Crippen LogP contribution in [0, 0.1) is 0 Å². The van der Waals surface area contributed by atoms with E-state index >= 15 is 0 Å². The van der Waals surface area contributed by atoms with Crippen LogP contribution in [0.15, 0.2) is 48.5 Å². The summed E-state index contributed by atoms with van der Waals surface area (Å²) in [6.07, 6.45) is 2.69. The van der Waals surface area contributed by atoms with Crippen LogP contribution in [0.5, 0.6) is 0 Å².